The number of rotatable bonds is 9. The van der Waals surface area contributed by atoms with Gasteiger partial charge in [0.15, 0.2) is 16.0 Å². The fourth-order valence-electron chi connectivity index (χ4n) is 3.46. The van der Waals surface area contributed by atoms with E-state index in [0.717, 1.165) is 17.0 Å². The van der Waals surface area contributed by atoms with E-state index in [2.05, 4.69) is 20.5 Å². The summed E-state index contributed by atoms with van der Waals surface area (Å²) in [5.41, 5.74) is 2.21. The number of amides is 1. The molecule has 1 amide bonds. The zero-order valence-corrected chi connectivity index (χ0v) is 22.5. The monoisotopic (exact) mass is 571 g/mol. The van der Waals surface area contributed by atoms with Crippen LogP contribution in [-0.4, -0.2) is 38.0 Å². The maximum absolute atomic E-state index is 12.7. The molecule has 37 heavy (non-hydrogen) atoms. The van der Waals surface area contributed by atoms with Crippen LogP contribution in [0.5, 0.6) is 5.75 Å². The summed E-state index contributed by atoms with van der Waals surface area (Å²) < 4.78 is 13.0. The van der Waals surface area contributed by atoms with Crippen molar-refractivity contribution in [3.8, 4) is 34.3 Å². The zero-order chi connectivity index (χ0) is 25.8. The molecule has 0 saturated carbocycles. The van der Waals surface area contributed by atoms with Crippen LogP contribution >= 0.6 is 46.3 Å². The van der Waals surface area contributed by atoms with Gasteiger partial charge in [0.25, 0.3) is 0 Å². The van der Waals surface area contributed by atoms with Gasteiger partial charge in [0, 0.05) is 16.0 Å². The van der Waals surface area contributed by atoms with Gasteiger partial charge < -0.3 is 14.5 Å². The second-order valence-electron chi connectivity index (χ2n) is 7.54. The Kier molecular flexibility index (Phi) is 7.80. The molecule has 0 unspecified atom stereocenters. The topological polar surface area (TPSA) is 95.1 Å². The highest BCUT2D eigenvalue weighted by Crippen LogP contribution is 2.33. The molecule has 2 aromatic carbocycles. The average Bonchev–Trinajstić information content (AvgIpc) is 3.65. The van der Waals surface area contributed by atoms with E-state index in [1.54, 1.807) is 30.5 Å². The SMILES string of the molecule is CCOc1ccc(-n2c(SCC(=O)Nc3nc(-c4ccc(Cl)cc4Cl)cs3)nnc2-c2ccco2)cc1. The summed E-state index contributed by atoms with van der Waals surface area (Å²) in [7, 11) is 0. The van der Waals surface area contributed by atoms with Crippen molar-refractivity contribution >= 4 is 57.3 Å². The highest BCUT2D eigenvalue weighted by Gasteiger charge is 2.19. The van der Waals surface area contributed by atoms with Crippen LogP contribution in [0.4, 0.5) is 5.13 Å². The van der Waals surface area contributed by atoms with Crippen LogP contribution in [-0.2, 0) is 4.79 Å². The highest BCUT2D eigenvalue weighted by molar-refractivity contribution is 7.99. The fraction of sp³-hybridized carbons (Fsp3) is 0.120. The number of hydrogen-bond acceptors (Lipinski definition) is 8. The number of benzene rings is 2. The van der Waals surface area contributed by atoms with E-state index in [-0.39, 0.29) is 11.7 Å². The lowest BCUT2D eigenvalue weighted by molar-refractivity contribution is -0.113. The molecule has 5 rings (SSSR count). The maximum Gasteiger partial charge on any atom is 0.236 e. The van der Waals surface area contributed by atoms with Crippen LogP contribution in [0.1, 0.15) is 6.92 Å². The molecule has 0 bridgehead atoms. The van der Waals surface area contributed by atoms with Gasteiger partial charge >= 0.3 is 0 Å². The number of furan rings is 1. The number of ether oxygens (including phenoxy) is 1. The first kappa shape index (κ1) is 25.3. The van der Waals surface area contributed by atoms with E-state index in [1.807, 2.05) is 47.2 Å². The van der Waals surface area contributed by atoms with Crippen LogP contribution in [0.15, 0.2) is 75.8 Å². The first-order valence-corrected chi connectivity index (χ1v) is 13.7. The van der Waals surface area contributed by atoms with Crippen molar-refractivity contribution in [1.82, 2.24) is 19.7 Å². The van der Waals surface area contributed by atoms with Crippen LogP contribution < -0.4 is 10.1 Å². The van der Waals surface area contributed by atoms with E-state index >= 15 is 0 Å². The second kappa shape index (κ2) is 11.4. The van der Waals surface area contributed by atoms with Crippen LogP contribution in [0.3, 0.4) is 0 Å². The molecule has 0 aliphatic carbocycles. The van der Waals surface area contributed by atoms with E-state index in [1.165, 1.54) is 23.1 Å². The summed E-state index contributed by atoms with van der Waals surface area (Å²) in [6, 6.07) is 16.4. The van der Waals surface area contributed by atoms with Gasteiger partial charge in [-0.15, -0.1) is 21.5 Å². The smallest absolute Gasteiger partial charge is 0.236 e. The lowest BCUT2D eigenvalue weighted by Gasteiger charge is -2.10. The normalized spacial score (nSPS) is 11.0. The lowest BCUT2D eigenvalue weighted by atomic mass is 10.2. The molecule has 0 radical (unpaired) electrons. The highest BCUT2D eigenvalue weighted by atomic mass is 35.5. The number of thiazole rings is 1. The minimum absolute atomic E-state index is 0.101. The maximum atomic E-state index is 12.7. The number of carbonyl (C=O) groups excluding carboxylic acids is 1. The van der Waals surface area contributed by atoms with Gasteiger partial charge in [0.1, 0.15) is 5.75 Å². The predicted molar refractivity (Wildman–Crippen MR) is 147 cm³/mol. The average molecular weight is 572 g/mol. The minimum Gasteiger partial charge on any atom is -0.494 e. The Balaban J connectivity index is 1.31. The molecule has 1 N–H and O–H groups in total. The third-order valence-electron chi connectivity index (χ3n) is 5.07. The van der Waals surface area contributed by atoms with Crippen molar-refractivity contribution in [2.24, 2.45) is 0 Å². The van der Waals surface area contributed by atoms with Crippen molar-refractivity contribution < 1.29 is 13.9 Å². The molecule has 5 aromatic rings. The van der Waals surface area contributed by atoms with Gasteiger partial charge in [0.2, 0.25) is 11.7 Å². The van der Waals surface area contributed by atoms with E-state index < -0.39 is 0 Å². The van der Waals surface area contributed by atoms with Crippen molar-refractivity contribution in [1.29, 1.82) is 0 Å². The van der Waals surface area contributed by atoms with Crippen LogP contribution in [0, 0.1) is 0 Å². The molecule has 3 aromatic heterocycles. The predicted octanol–water partition coefficient (Wildman–Crippen LogP) is 7.09. The standard InChI is InChI=1S/C25H19Cl2N5O3S2/c1-2-34-17-8-6-16(7-9-17)32-23(21-4-3-11-35-21)30-31-25(32)37-14-22(33)29-24-28-20(13-36-24)18-10-5-15(26)12-19(18)27/h3-13H,2,14H2,1H3,(H,28,29,33). The number of thioether (sulfide) groups is 1. The molecule has 8 nitrogen and oxygen atoms in total. The number of aromatic nitrogens is 4. The quantitative estimate of drug-likeness (QED) is 0.189. The van der Waals surface area contributed by atoms with Crippen LogP contribution in [0.2, 0.25) is 10.0 Å². The Morgan fingerprint density at radius 3 is 2.73 bits per heavy atom. The Morgan fingerprint density at radius 2 is 2.00 bits per heavy atom. The van der Waals surface area contributed by atoms with Gasteiger partial charge in [0.05, 0.1) is 35.0 Å². The van der Waals surface area contributed by atoms with Crippen molar-refractivity contribution in [3.05, 3.63) is 76.3 Å². The molecule has 188 valence electrons. The summed E-state index contributed by atoms with van der Waals surface area (Å²) in [5, 5.41) is 15.3. The molecular formula is C25H19Cl2N5O3S2. The molecule has 0 spiro atoms. The Labute approximate surface area is 230 Å². The molecule has 0 saturated heterocycles. The fourth-order valence-corrected chi connectivity index (χ4v) is 5.44. The van der Waals surface area contributed by atoms with Crippen molar-refractivity contribution in [2.75, 3.05) is 17.7 Å². The van der Waals surface area contributed by atoms with Crippen molar-refractivity contribution in [2.45, 2.75) is 12.1 Å². The summed E-state index contributed by atoms with van der Waals surface area (Å²) in [6.07, 6.45) is 1.58. The Hall–Kier alpha value is -3.31. The minimum atomic E-state index is -0.228. The third kappa shape index (κ3) is 5.83. The van der Waals surface area contributed by atoms with E-state index in [9.17, 15) is 4.79 Å². The molecule has 0 aliphatic rings. The van der Waals surface area contributed by atoms with Crippen molar-refractivity contribution in [3.63, 3.8) is 0 Å². The molecule has 12 heteroatoms. The summed E-state index contributed by atoms with van der Waals surface area (Å²) in [4.78, 5) is 17.2. The van der Waals surface area contributed by atoms with E-state index in [0.29, 0.717) is 44.2 Å². The summed E-state index contributed by atoms with van der Waals surface area (Å²) in [6.45, 7) is 2.51. The number of nitrogens with one attached hydrogen (secondary N) is 1. The van der Waals surface area contributed by atoms with Crippen LogP contribution in [0.25, 0.3) is 28.5 Å². The number of hydrogen-bond donors (Lipinski definition) is 1. The molecule has 0 aliphatic heterocycles. The van der Waals surface area contributed by atoms with E-state index in [4.69, 9.17) is 32.4 Å². The molecule has 0 fully saturated rings. The zero-order valence-electron chi connectivity index (χ0n) is 19.4. The van der Waals surface area contributed by atoms with Gasteiger partial charge in [-0.3, -0.25) is 9.36 Å². The molecule has 3 heterocycles. The Morgan fingerprint density at radius 1 is 1.16 bits per heavy atom. The van der Waals surface area contributed by atoms with Gasteiger partial charge in [-0.2, -0.15) is 0 Å². The van der Waals surface area contributed by atoms with Gasteiger partial charge in [-0.1, -0.05) is 35.0 Å². The summed E-state index contributed by atoms with van der Waals surface area (Å²) in [5.74, 6) is 1.73. The number of anilines is 1. The largest absolute Gasteiger partial charge is 0.494 e. The second-order valence-corrected chi connectivity index (χ2v) is 10.2. The summed E-state index contributed by atoms with van der Waals surface area (Å²) >= 11 is 14.8. The number of carbonyl (C=O) groups is 1. The number of halogens is 2. The molecule has 0 atom stereocenters. The number of nitrogens with zero attached hydrogens (tertiary/aromatic N) is 4. The Bertz CT molecular complexity index is 1520. The van der Waals surface area contributed by atoms with Gasteiger partial charge in [-0.25, -0.2) is 4.98 Å². The first-order chi connectivity index (χ1) is 18.0. The lowest BCUT2D eigenvalue weighted by Crippen LogP contribution is -2.14. The third-order valence-corrected chi connectivity index (χ3v) is 7.31. The van der Waals surface area contributed by atoms with Gasteiger partial charge in [-0.05, 0) is 61.5 Å². The molecular weight excluding hydrogens is 553 g/mol. The first-order valence-electron chi connectivity index (χ1n) is 11.1.